The number of thioether (sulfide) groups is 2. The minimum absolute atomic E-state index is 0.113. The lowest BCUT2D eigenvalue weighted by atomic mass is 9.90. The Kier molecular flexibility index (Phi) is 7.99. The fourth-order valence-corrected chi connectivity index (χ4v) is 3.99. The third kappa shape index (κ3) is 4.07. The predicted octanol–water partition coefficient (Wildman–Crippen LogP) is 2.45. The summed E-state index contributed by atoms with van der Waals surface area (Å²) in [4.78, 5) is 25.7. The van der Waals surface area contributed by atoms with Gasteiger partial charge in [0.25, 0.3) is 0 Å². The quantitative estimate of drug-likeness (QED) is 0.614. The van der Waals surface area contributed by atoms with E-state index in [0.29, 0.717) is 11.5 Å². The zero-order valence-corrected chi connectivity index (χ0v) is 17.2. The minimum atomic E-state index is -1.64. The number of hydrogen-bond donors (Lipinski definition) is 0. The first-order chi connectivity index (χ1) is 11.7. The number of methoxy groups -OCH3 is 2. The Morgan fingerprint density at radius 3 is 2.12 bits per heavy atom. The van der Waals surface area contributed by atoms with Crippen LogP contribution >= 0.6 is 23.5 Å². The van der Waals surface area contributed by atoms with Crippen molar-refractivity contribution in [3.8, 4) is 12.3 Å². The van der Waals surface area contributed by atoms with Crippen molar-refractivity contribution in [2.75, 3.05) is 25.7 Å². The van der Waals surface area contributed by atoms with Crippen LogP contribution in [0.2, 0.25) is 0 Å². The molecular formula is C17H26O6S2. The van der Waals surface area contributed by atoms with Crippen LogP contribution in [0.5, 0.6) is 0 Å². The Morgan fingerprint density at radius 2 is 1.68 bits per heavy atom. The second-order valence-electron chi connectivity index (χ2n) is 5.64. The van der Waals surface area contributed by atoms with Gasteiger partial charge in [-0.05, 0) is 25.4 Å². The van der Waals surface area contributed by atoms with Gasteiger partial charge < -0.3 is 18.9 Å². The van der Waals surface area contributed by atoms with Crippen LogP contribution < -0.4 is 0 Å². The normalized spacial score (nSPS) is 35.2. The lowest BCUT2D eigenvalue weighted by Gasteiger charge is -2.55. The van der Waals surface area contributed by atoms with Gasteiger partial charge in [-0.25, -0.2) is 0 Å². The molecule has 1 aliphatic heterocycles. The largest absolute Gasteiger partial charge is 0.349 e. The molecule has 0 unspecified atom stereocenters. The van der Waals surface area contributed by atoms with Crippen LogP contribution in [0, 0.1) is 12.3 Å². The Morgan fingerprint density at radius 1 is 1.12 bits per heavy atom. The molecule has 0 aromatic heterocycles. The zero-order valence-electron chi connectivity index (χ0n) is 15.5. The molecule has 25 heavy (non-hydrogen) atoms. The fourth-order valence-electron chi connectivity index (χ4n) is 2.59. The number of carbonyl (C=O) groups is 2. The van der Waals surface area contributed by atoms with Crippen LogP contribution in [0.15, 0.2) is 0 Å². The van der Waals surface area contributed by atoms with Crippen molar-refractivity contribution >= 4 is 33.8 Å². The number of terminal acetylenes is 1. The van der Waals surface area contributed by atoms with Crippen molar-refractivity contribution in [3.63, 3.8) is 0 Å². The molecule has 0 radical (unpaired) electrons. The molecule has 0 saturated carbocycles. The summed E-state index contributed by atoms with van der Waals surface area (Å²) < 4.78 is 23.1. The molecule has 0 aromatic carbocycles. The summed E-state index contributed by atoms with van der Waals surface area (Å²) in [6.45, 7) is 6.87. The highest BCUT2D eigenvalue weighted by molar-refractivity contribution is 8.14. The monoisotopic (exact) mass is 390 g/mol. The summed E-state index contributed by atoms with van der Waals surface area (Å²) in [5, 5.41) is -0.686. The molecule has 1 heterocycles. The van der Waals surface area contributed by atoms with Gasteiger partial charge in [0.1, 0.15) is 0 Å². The van der Waals surface area contributed by atoms with Crippen LogP contribution in [-0.4, -0.2) is 59.2 Å². The maximum Gasteiger partial charge on any atom is 0.225 e. The molecule has 142 valence electrons. The molecule has 1 rings (SSSR count). The molecule has 4 atom stereocenters. The standard InChI is InChI=1S/C17H26O6S2/c1-8-11-17(14(19)25-10-3)12(13(18)24-9-2)22-15(4,20-6)16(5,21-7)23-17/h1,12H,9-11H2,2-7H3/t12-,15+,16+,17-/m0/s1. The van der Waals surface area contributed by atoms with Gasteiger partial charge in [0.15, 0.2) is 11.7 Å². The van der Waals surface area contributed by atoms with Crippen molar-refractivity contribution in [1.82, 2.24) is 0 Å². The topological polar surface area (TPSA) is 71.1 Å². The molecule has 0 N–H and O–H groups in total. The maximum atomic E-state index is 12.9. The highest BCUT2D eigenvalue weighted by Gasteiger charge is 2.66. The van der Waals surface area contributed by atoms with Gasteiger partial charge in [-0.2, -0.15) is 0 Å². The molecule has 0 aliphatic carbocycles. The number of rotatable bonds is 7. The summed E-state index contributed by atoms with van der Waals surface area (Å²) in [6.07, 6.45) is 4.19. The second kappa shape index (κ2) is 8.89. The first-order valence-electron chi connectivity index (χ1n) is 7.95. The van der Waals surface area contributed by atoms with E-state index in [9.17, 15) is 9.59 Å². The van der Waals surface area contributed by atoms with Crippen molar-refractivity contribution in [1.29, 1.82) is 0 Å². The molecule has 6 nitrogen and oxygen atoms in total. The van der Waals surface area contributed by atoms with Crippen molar-refractivity contribution in [3.05, 3.63) is 0 Å². The molecule has 1 fully saturated rings. The van der Waals surface area contributed by atoms with E-state index in [1.807, 2.05) is 13.8 Å². The number of hydrogen-bond acceptors (Lipinski definition) is 8. The molecule has 1 aliphatic rings. The van der Waals surface area contributed by atoms with Gasteiger partial charge in [0.05, 0.1) is 0 Å². The summed E-state index contributed by atoms with van der Waals surface area (Å²) in [5.74, 6) is 0.672. The van der Waals surface area contributed by atoms with Gasteiger partial charge in [0.2, 0.25) is 21.8 Å². The highest BCUT2D eigenvalue weighted by Crippen LogP contribution is 2.47. The van der Waals surface area contributed by atoms with E-state index in [1.54, 1.807) is 13.8 Å². The van der Waals surface area contributed by atoms with E-state index in [2.05, 4.69) is 5.92 Å². The van der Waals surface area contributed by atoms with Crippen LogP contribution in [0.1, 0.15) is 34.1 Å². The number of ether oxygens (including phenoxy) is 4. The van der Waals surface area contributed by atoms with Crippen molar-refractivity contribution < 1.29 is 28.5 Å². The molecule has 0 amide bonds. The third-order valence-corrected chi connectivity index (χ3v) is 5.92. The van der Waals surface area contributed by atoms with Crippen LogP contribution in [-0.2, 0) is 28.5 Å². The SMILES string of the molecule is C#CC[C@]1(C(=O)SCC)O[C@@](C)(OC)[C@](C)(OC)O[C@H]1C(=O)SCC. The number of carbonyl (C=O) groups excluding carboxylic acids is 2. The predicted molar refractivity (Wildman–Crippen MR) is 99.2 cm³/mol. The molecular weight excluding hydrogens is 364 g/mol. The zero-order chi connectivity index (χ0) is 19.3. The molecule has 1 saturated heterocycles. The fraction of sp³-hybridized carbons (Fsp3) is 0.765. The summed E-state index contributed by atoms with van der Waals surface area (Å²) in [7, 11) is 2.84. The average molecular weight is 391 g/mol. The first kappa shape index (κ1) is 22.5. The van der Waals surface area contributed by atoms with Crippen LogP contribution in [0.3, 0.4) is 0 Å². The average Bonchev–Trinajstić information content (AvgIpc) is 2.58. The van der Waals surface area contributed by atoms with Gasteiger partial charge in [0, 0.05) is 20.6 Å². The highest BCUT2D eigenvalue weighted by atomic mass is 32.2. The Balaban J connectivity index is 3.52. The van der Waals surface area contributed by atoms with Crippen LogP contribution in [0.4, 0.5) is 0 Å². The lowest BCUT2D eigenvalue weighted by Crippen LogP contribution is -2.72. The smallest absolute Gasteiger partial charge is 0.225 e. The van der Waals surface area contributed by atoms with Gasteiger partial charge in [-0.3, -0.25) is 9.59 Å². The summed E-state index contributed by atoms with van der Waals surface area (Å²) in [5.41, 5.74) is -1.64. The van der Waals surface area contributed by atoms with E-state index < -0.39 is 23.3 Å². The Hall–Kier alpha value is -0.560. The molecule has 8 heteroatoms. The second-order valence-corrected chi connectivity index (χ2v) is 8.15. The minimum Gasteiger partial charge on any atom is -0.349 e. The Bertz CT molecular complexity index is 548. The van der Waals surface area contributed by atoms with Crippen molar-refractivity contribution in [2.24, 2.45) is 0 Å². The van der Waals surface area contributed by atoms with Gasteiger partial charge in [-0.15, -0.1) is 12.3 Å². The Labute approximate surface area is 158 Å². The molecule has 0 aromatic rings. The molecule has 0 bridgehead atoms. The van der Waals surface area contributed by atoms with Gasteiger partial charge in [-0.1, -0.05) is 37.4 Å². The van der Waals surface area contributed by atoms with E-state index >= 15 is 0 Å². The lowest BCUT2D eigenvalue weighted by molar-refractivity contribution is -0.453. The van der Waals surface area contributed by atoms with Crippen LogP contribution in [0.25, 0.3) is 0 Å². The first-order valence-corrected chi connectivity index (χ1v) is 9.93. The summed E-state index contributed by atoms with van der Waals surface area (Å²) >= 11 is 2.09. The van der Waals surface area contributed by atoms with E-state index in [1.165, 1.54) is 14.2 Å². The summed E-state index contributed by atoms with van der Waals surface area (Å²) in [6, 6.07) is 0. The third-order valence-electron chi connectivity index (χ3n) is 4.23. The van der Waals surface area contributed by atoms with E-state index in [4.69, 9.17) is 25.4 Å². The van der Waals surface area contributed by atoms with E-state index in [0.717, 1.165) is 23.5 Å². The van der Waals surface area contributed by atoms with E-state index in [-0.39, 0.29) is 16.7 Å². The van der Waals surface area contributed by atoms with Gasteiger partial charge >= 0.3 is 0 Å². The van der Waals surface area contributed by atoms with Crippen molar-refractivity contribution in [2.45, 2.75) is 57.4 Å². The molecule has 0 spiro atoms. The maximum absolute atomic E-state index is 12.9.